The maximum atomic E-state index is 12.6. The number of oxazole rings is 1. The molecule has 1 aromatic carbocycles. The molecule has 10 heteroatoms. The maximum Gasteiger partial charge on any atom is 0.252 e. The molecule has 0 unspecified atom stereocenters. The summed E-state index contributed by atoms with van der Waals surface area (Å²) >= 11 is 0. The minimum atomic E-state index is -1.06. The standard InChI is InChI=1S/C21H21FN6O3/c1-11(2)17-15(21-24-7-12(3)31-21)8-28-18(17)20(25-10-26-28)27-13-4-5-16(30-9-22)14(6-13)19(23)29/h4-8,10-11H,9H2,1-3H3,(H2,23,29)(H,25,26,27). The third-order valence-corrected chi connectivity index (χ3v) is 4.76. The van der Waals surface area contributed by atoms with E-state index in [-0.39, 0.29) is 17.2 Å². The zero-order valence-electron chi connectivity index (χ0n) is 17.2. The third kappa shape index (κ3) is 3.79. The fraction of sp³-hybridized carbons (Fsp3) is 0.238. The highest BCUT2D eigenvalue weighted by atomic mass is 19.1. The molecule has 3 aromatic heterocycles. The minimum absolute atomic E-state index is 0.0585. The highest BCUT2D eigenvalue weighted by Gasteiger charge is 2.22. The van der Waals surface area contributed by atoms with Crippen molar-refractivity contribution < 1.29 is 18.3 Å². The van der Waals surface area contributed by atoms with Gasteiger partial charge in [-0.2, -0.15) is 5.10 Å². The van der Waals surface area contributed by atoms with Crippen molar-refractivity contribution in [3.8, 4) is 17.2 Å². The van der Waals surface area contributed by atoms with Crippen LogP contribution in [-0.2, 0) is 0 Å². The fourth-order valence-electron chi connectivity index (χ4n) is 3.48. The number of hydrogen-bond donors (Lipinski definition) is 2. The van der Waals surface area contributed by atoms with E-state index in [4.69, 9.17) is 14.9 Å². The molecule has 0 aliphatic rings. The third-order valence-electron chi connectivity index (χ3n) is 4.76. The van der Waals surface area contributed by atoms with Gasteiger partial charge in [-0.05, 0) is 36.6 Å². The van der Waals surface area contributed by atoms with E-state index in [1.54, 1.807) is 16.8 Å². The second kappa shape index (κ2) is 8.05. The number of aromatic nitrogens is 4. The van der Waals surface area contributed by atoms with Gasteiger partial charge < -0.3 is 20.2 Å². The van der Waals surface area contributed by atoms with Crippen molar-refractivity contribution in [2.45, 2.75) is 26.7 Å². The molecule has 0 spiro atoms. The highest BCUT2D eigenvalue weighted by molar-refractivity contribution is 5.97. The number of aryl methyl sites for hydroxylation is 1. The number of nitrogens with one attached hydrogen (secondary N) is 1. The van der Waals surface area contributed by atoms with Crippen LogP contribution in [0.3, 0.4) is 0 Å². The quantitative estimate of drug-likeness (QED) is 0.460. The number of halogens is 1. The number of ether oxygens (including phenoxy) is 1. The van der Waals surface area contributed by atoms with Crippen LogP contribution in [-0.4, -0.2) is 32.3 Å². The van der Waals surface area contributed by atoms with Gasteiger partial charge in [0.2, 0.25) is 12.8 Å². The summed E-state index contributed by atoms with van der Waals surface area (Å²) in [5.74, 6) is 1.18. The number of fused-ring (bicyclic) bond motifs is 1. The first-order chi connectivity index (χ1) is 14.9. The highest BCUT2D eigenvalue weighted by Crippen LogP contribution is 2.37. The number of amides is 1. The summed E-state index contributed by atoms with van der Waals surface area (Å²) in [4.78, 5) is 20.5. The van der Waals surface area contributed by atoms with Crippen LogP contribution in [0.1, 0.15) is 41.4 Å². The normalized spacial score (nSPS) is 11.3. The van der Waals surface area contributed by atoms with Gasteiger partial charge in [0.25, 0.3) is 5.91 Å². The molecule has 0 aliphatic carbocycles. The van der Waals surface area contributed by atoms with Crippen LogP contribution in [0.2, 0.25) is 0 Å². The summed E-state index contributed by atoms with van der Waals surface area (Å²) in [5.41, 5.74) is 8.52. The number of alkyl halides is 1. The molecule has 4 aromatic rings. The van der Waals surface area contributed by atoms with Gasteiger partial charge in [-0.3, -0.25) is 4.79 Å². The van der Waals surface area contributed by atoms with Gasteiger partial charge in [-0.15, -0.1) is 0 Å². The van der Waals surface area contributed by atoms with Crippen LogP contribution in [0.4, 0.5) is 15.9 Å². The fourth-order valence-corrected chi connectivity index (χ4v) is 3.48. The van der Waals surface area contributed by atoms with Gasteiger partial charge in [0, 0.05) is 11.9 Å². The van der Waals surface area contributed by atoms with Gasteiger partial charge in [-0.1, -0.05) is 13.8 Å². The lowest BCUT2D eigenvalue weighted by atomic mass is 10.00. The Morgan fingerprint density at radius 1 is 1.35 bits per heavy atom. The molecular weight excluding hydrogens is 403 g/mol. The molecule has 3 N–H and O–H groups in total. The number of hydrogen-bond acceptors (Lipinski definition) is 7. The van der Waals surface area contributed by atoms with Crippen LogP contribution >= 0.6 is 0 Å². The van der Waals surface area contributed by atoms with Crippen molar-refractivity contribution in [1.82, 2.24) is 19.6 Å². The molecule has 0 saturated carbocycles. The average Bonchev–Trinajstić information content (AvgIpc) is 3.33. The van der Waals surface area contributed by atoms with Crippen molar-refractivity contribution in [3.63, 3.8) is 0 Å². The summed E-state index contributed by atoms with van der Waals surface area (Å²) in [6, 6.07) is 4.61. The summed E-state index contributed by atoms with van der Waals surface area (Å²) in [6.45, 7) is 4.88. The molecule has 1 amide bonds. The Hall–Kier alpha value is -3.95. The van der Waals surface area contributed by atoms with E-state index in [1.165, 1.54) is 18.5 Å². The Kier molecular flexibility index (Phi) is 5.28. The largest absolute Gasteiger partial charge is 0.462 e. The van der Waals surface area contributed by atoms with Crippen molar-refractivity contribution in [1.29, 1.82) is 0 Å². The van der Waals surface area contributed by atoms with E-state index >= 15 is 0 Å². The van der Waals surface area contributed by atoms with E-state index < -0.39 is 12.8 Å². The Labute approximate surface area is 177 Å². The van der Waals surface area contributed by atoms with Crippen LogP contribution in [0, 0.1) is 6.92 Å². The van der Waals surface area contributed by atoms with Crippen molar-refractivity contribution in [3.05, 3.63) is 53.8 Å². The number of nitrogens with two attached hydrogens (primary N) is 1. The number of primary amides is 1. The minimum Gasteiger partial charge on any atom is -0.462 e. The molecule has 3 heterocycles. The monoisotopic (exact) mass is 424 g/mol. The van der Waals surface area contributed by atoms with Crippen molar-refractivity contribution >= 4 is 22.9 Å². The zero-order chi connectivity index (χ0) is 22.1. The summed E-state index contributed by atoms with van der Waals surface area (Å²) in [6.07, 6.45) is 4.93. The Morgan fingerprint density at radius 3 is 2.81 bits per heavy atom. The molecule has 31 heavy (non-hydrogen) atoms. The first kappa shape index (κ1) is 20.3. The number of nitrogens with zero attached hydrogens (tertiary/aromatic N) is 4. The molecule has 0 fully saturated rings. The van der Waals surface area contributed by atoms with Crippen molar-refractivity contribution in [2.75, 3.05) is 12.2 Å². The summed E-state index contributed by atoms with van der Waals surface area (Å²) in [5, 5.41) is 7.52. The Morgan fingerprint density at radius 2 is 2.16 bits per heavy atom. The second-order valence-electron chi connectivity index (χ2n) is 7.24. The lowest BCUT2D eigenvalue weighted by Gasteiger charge is -2.13. The SMILES string of the molecule is Cc1cnc(-c2cn3ncnc(Nc4ccc(OCF)c(C(N)=O)c4)c3c2C(C)C)o1. The zero-order valence-corrected chi connectivity index (χ0v) is 17.2. The molecule has 4 rings (SSSR count). The smallest absolute Gasteiger partial charge is 0.252 e. The topological polar surface area (TPSA) is 121 Å². The van der Waals surface area contributed by atoms with Gasteiger partial charge in [-0.25, -0.2) is 18.9 Å². The van der Waals surface area contributed by atoms with E-state index in [0.29, 0.717) is 23.2 Å². The molecule has 0 radical (unpaired) electrons. The predicted octanol–water partition coefficient (Wildman–Crippen LogP) is 3.96. The number of benzene rings is 1. The van der Waals surface area contributed by atoms with Crippen LogP contribution in [0.25, 0.3) is 17.0 Å². The Balaban J connectivity index is 1.83. The molecule has 9 nitrogen and oxygen atoms in total. The van der Waals surface area contributed by atoms with Crippen molar-refractivity contribution in [2.24, 2.45) is 5.73 Å². The molecular formula is C21H21FN6O3. The lowest BCUT2D eigenvalue weighted by Crippen LogP contribution is -2.13. The van der Waals surface area contributed by atoms with Gasteiger partial charge in [0.1, 0.15) is 23.4 Å². The van der Waals surface area contributed by atoms with Gasteiger partial charge >= 0.3 is 0 Å². The molecule has 0 bridgehead atoms. The van der Waals surface area contributed by atoms with Gasteiger partial charge in [0.05, 0.1) is 17.3 Å². The number of anilines is 2. The molecule has 160 valence electrons. The summed E-state index contributed by atoms with van der Waals surface area (Å²) in [7, 11) is 0. The maximum absolute atomic E-state index is 12.6. The first-order valence-corrected chi connectivity index (χ1v) is 9.57. The molecule has 0 aliphatic heterocycles. The first-order valence-electron chi connectivity index (χ1n) is 9.57. The molecule has 0 saturated heterocycles. The van der Waals surface area contributed by atoms with E-state index in [2.05, 4.69) is 34.2 Å². The summed E-state index contributed by atoms with van der Waals surface area (Å²) < 4.78 is 24.9. The number of carbonyl (C=O) groups is 1. The number of carbonyl (C=O) groups excluding carboxylic acids is 1. The van der Waals surface area contributed by atoms with E-state index in [0.717, 1.165) is 16.6 Å². The van der Waals surface area contributed by atoms with Crippen LogP contribution < -0.4 is 15.8 Å². The van der Waals surface area contributed by atoms with Crippen LogP contribution in [0.5, 0.6) is 5.75 Å². The predicted molar refractivity (Wildman–Crippen MR) is 112 cm³/mol. The Bertz CT molecular complexity index is 1260. The average molecular weight is 424 g/mol. The second-order valence-corrected chi connectivity index (χ2v) is 7.24. The lowest BCUT2D eigenvalue weighted by molar-refractivity contribution is 0.0993. The van der Waals surface area contributed by atoms with E-state index in [1.807, 2.05) is 13.1 Å². The van der Waals surface area contributed by atoms with E-state index in [9.17, 15) is 9.18 Å². The molecule has 0 atom stereocenters. The van der Waals surface area contributed by atoms with Crippen LogP contribution in [0.15, 0.2) is 41.3 Å². The number of rotatable bonds is 7. The van der Waals surface area contributed by atoms with Gasteiger partial charge in [0.15, 0.2) is 5.82 Å².